The van der Waals surface area contributed by atoms with Gasteiger partial charge in [0.2, 0.25) is 0 Å². The zero-order chi connectivity index (χ0) is 37.1. The summed E-state index contributed by atoms with van der Waals surface area (Å²) >= 11 is 0. The second kappa shape index (κ2) is 13.2. The monoisotopic (exact) mass is 729 g/mol. The van der Waals surface area contributed by atoms with E-state index >= 15 is 4.39 Å². The second-order valence-corrected chi connectivity index (χ2v) is 14.5. The number of hydrogen-bond donors (Lipinski definition) is 2. The third kappa shape index (κ3) is 6.01. The SMILES string of the molecule is Cc1[nH]nc2c(F)cc(NC(=O)c3ccc4c(c3)nc(CN3CCC(c5cccc6c5OC(C)(c5ccc(C#N)cc5F)O6)CC3)n4CC3CCO3)cc12. The summed E-state index contributed by atoms with van der Waals surface area (Å²) in [5.41, 5.74) is 4.85. The van der Waals surface area contributed by atoms with Crippen molar-refractivity contribution in [2.24, 2.45) is 0 Å². The number of carbonyl (C=O) groups is 1. The summed E-state index contributed by atoms with van der Waals surface area (Å²) in [4.78, 5) is 20.8. The topological polar surface area (TPSA) is 130 Å². The molecule has 2 unspecified atom stereocenters. The van der Waals surface area contributed by atoms with E-state index in [0.29, 0.717) is 52.4 Å². The summed E-state index contributed by atoms with van der Waals surface area (Å²) in [5.74, 6) is -0.464. The summed E-state index contributed by atoms with van der Waals surface area (Å²) in [7, 11) is 0. The highest BCUT2D eigenvalue weighted by Crippen LogP contribution is 2.50. The third-order valence-corrected chi connectivity index (χ3v) is 10.9. The van der Waals surface area contributed by atoms with Crippen molar-refractivity contribution in [2.75, 3.05) is 25.0 Å². The largest absolute Gasteiger partial charge is 0.444 e. The number of halogens is 2. The number of piperidine rings is 1. The van der Waals surface area contributed by atoms with Crippen molar-refractivity contribution in [3.8, 4) is 17.6 Å². The van der Waals surface area contributed by atoms with E-state index in [1.807, 2.05) is 24.3 Å². The number of rotatable bonds is 8. The van der Waals surface area contributed by atoms with Gasteiger partial charge in [0.05, 0.1) is 47.4 Å². The molecule has 6 aromatic rings. The first-order chi connectivity index (χ1) is 26.2. The number of amides is 1. The number of benzene rings is 4. The lowest BCUT2D eigenvalue weighted by molar-refractivity contribution is -0.0712. The number of fused-ring (bicyclic) bond motifs is 3. The van der Waals surface area contributed by atoms with Crippen LogP contribution in [0.2, 0.25) is 0 Å². The first-order valence-corrected chi connectivity index (χ1v) is 18.2. The molecule has 9 rings (SSSR count). The van der Waals surface area contributed by atoms with Gasteiger partial charge in [-0.25, -0.2) is 13.8 Å². The highest BCUT2D eigenvalue weighted by atomic mass is 19.1. The smallest absolute Gasteiger partial charge is 0.278 e. The van der Waals surface area contributed by atoms with Gasteiger partial charge in [-0.15, -0.1) is 0 Å². The van der Waals surface area contributed by atoms with Crippen LogP contribution in [0, 0.1) is 29.9 Å². The Bertz CT molecular complexity index is 2500. The summed E-state index contributed by atoms with van der Waals surface area (Å²) < 4.78 is 50.4. The zero-order valence-electron chi connectivity index (χ0n) is 29.8. The number of nitrogens with one attached hydrogen (secondary N) is 2. The Morgan fingerprint density at radius 3 is 2.65 bits per heavy atom. The normalized spacial score (nSPS) is 19.9. The molecule has 2 aromatic heterocycles. The molecule has 1 amide bonds. The average molecular weight is 730 g/mol. The summed E-state index contributed by atoms with van der Waals surface area (Å²) in [5, 5.41) is 19.4. The van der Waals surface area contributed by atoms with E-state index in [4.69, 9.17) is 19.2 Å². The van der Waals surface area contributed by atoms with Crippen LogP contribution in [0.15, 0.2) is 66.7 Å². The number of ether oxygens (including phenoxy) is 3. The van der Waals surface area contributed by atoms with Crippen LogP contribution >= 0.6 is 0 Å². The summed E-state index contributed by atoms with van der Waals surface area (Å²) in [6, 6.07) is 20.6. The highest BCUT2D eigenvalue weighted by Gasteiger charge is 2.43. The van der Waals surface area contributed by atoms with Gasteiger partial charge < -0.3 is 24.1 Å². The maximum atomic E-state index is 15.1. The van der Waals surface area contributed by atoms with Crippen LogP contribution in [0.3, 0.4) is 0 Å². The predicted molar refractivity (Wildman–Crippen MR) is 196 cm³/mol. The number of nitrogens with zero attached hydrogens (tertiary/aromatic N) is 5. The van der Waals surface area contributed by atoms with Crippen LogP contribution in [0.5, 0.6) is 11.5 Å². The molecule has 54 heavy (non-hydrogen) atoms. The van der Waals surface area contributed by atoms with E-state index < -0.39 is 17.4 Å². The van der Waals surface area contributed by atoms with Gasteiger partial charge in [0.25, 0.3) is 11.7 Å². The minimum Gasteiger partial charge on any atom is -0.444 e. The molecule has 2 saturated heterocycles. The van der Waals surface area contributed by atoms with Gasteiger partial charge in [0.1, 0.15) is 17.2 Å². The van der Waals surface area contributed by atoms with E-state index in [9.17, 15) is 14.4 Å². The first-order valence-electron chi connectivity index (χ1n) is 18.2. The number of nitriles is 1. The number of imidazole rings is 1. The van der Waals surface area contributed by atoms with Gasteiger partial charge in [-0.1, -0.05) is 12.1 Å². The predicted octanol–water partition coefficient (Wildman–Crippen LogP) is 7.44. The minimum atomic E-state index is -1.35. The molecular formula is C41H37F2N7O4. The Morgan fingerprint density at radius 1 is 1.06 bits per heavy atom. The van der Waals surface area contributed by atoms with Crippen molar-refractivity contribution in [3.05, 3.63) is 112 Å². The molecule has 2 fully saturated rings. The molecule has 2 N–H and O–H groups in total. The summed E-state index contributed by atoms with van der Waals surface area (Å²) in [6.45, 7) is 7.19. The number of aryl methyl sites for hydroxylation is 1. The Hall–Kier alpha value is -5.84. The van der Waals surface area contributed by atoms with Gasteiger partial charge in [0, 0.05) is 41.4 Å². The van der Waals surface area contributed by atoms with Crippen molar-refractivity contribution in [2.45, 2.75) is 64.0 Å². The molecule has 0 spiro atoms. The fourth-order valence-electron chi connectivity index (χ4n) is 7.89. The van der Waals surface area contributed by atoms with E-state index in [1.54, 1.807) is 44.2 Å². The molecule has 274 valence electrons. The standard InChI is InChI=1S/C41H37F2N7O4/c1-23-30-18-27(19-33(43)38(30)48-47-23)45-40(51)26-7-9-35-34(17-26)46-37(50(35)21-28-12-15-52-28)22-49-13-10-25(11-14-49)29-4-3-5-36-39(29)54-41(2,53-36)31-8-6-24(20-44)16-32(31)42/h3-9,16-19,25,28H,10-15,21-22H2,1-2H3,(H,45,51)(H,47,48). The fraction of sp³-hybridized carbons (Fsp3) is 0.317. The Balaban J connectivity index is 0.912. The molecule has 2 atom stereocenters. The van der Waals surface area contributed by atoms with Crippen LogP contribution < -0.4 is 14.8 Å². The van der Waals surface area contributed by atoms with E-state index in [2.05, 4.69) is 31.0 Å². The first kappa shape index (κ1) is 34.0. The van der Waals surface area contributed by atoms with Crippen molar-refractivity contribution in [1.29, 1.82) is 5.26 Å². The molecule has 13 heteroatoms. The number of carbonyl (C=O) groups excluding carboxylic acids is 1. The molecule has 0 radical (unpaired) electrons. The number of hydrogen-bond acceptors (Lipinski definition) is 8. The van der Waals surface area contributed by atoms with Crippen LogP contribution in [0.1, 0.15) is 70.7 Å². The number of aromatic nitrogens is 4. The highest BCUT2D eigenvalue weighted by molar-refractivity contribution is 6.06. The van der Waals surface area contributed by atoms with Crippen LogP contribution in [-0.2, 0) is 23.6 Å². The fourth-order valence-corrected chi connectivity index (χ4v) is 7.89. The van der Waals surface area contributed by atoms with E-state index in [0.717, 1.165) is 55.9 Å². The average Bonchev–Trinajstić information content (AvgIpc) is 3.81. The Morgan fingerprint density at radius 2 is 1.89 bits per heavy atom. The number of aromatic amines is 1. The number of likely N-dealkylation sites (tertiary alicyclic amines) is 1. The zero-order valence-corrected chi connectivity index (χ0v) is 29.8. The maximum absolute atomic E-state index is 15.1. The van der Waals surface area contributed by atoms with Gasteiger partial charge in [0.15, 0.2) is 17.3 Å². The van der Waals surface area contributed by atoms with Crippen molar-refractivity contribution < 1.29 is 27.8 Å². The van der Waals surface area contributed by atoms with Gasteiger partial charge in [-0.3, -0.25) is 14.8 Å². The molecule has 4 aromatic carbocycles. The van der Waals surface area contributed by atoms with Gasteiger partial charge in [-0.05, 0) is 99.8 Å². The van der Waals surface area contributed by atoms with Crippen LogP contribution in [0.4, 0.5) is 14.5 Å². The summed E-state index contributed by atoms with van der Waals surface area (Å²) in [6.07, 6.45) is 2.84. The molecule has 11 nitrogen and oxygen atoms in total. The maximum Gasteiger partial charge on any atom is 0.278 e. The van der Waals surface area contributed by atoms with Crippen molar-refractivity contribution in [3.63, 3.8) is 0 Å². The van der Waals surface area contributed by atoms with Crippen molar-refractivity contribution in [1.82, 2.24) is 24.6 Å². The molecule has 0 aliphatic carbocycles. The second-order valence-electron chi connectivity index (χ2n) is 14.5. The molecular weight excluding hydrogens is 692 g/mol. The lowest BCUT2D eigenvalue weighted by atomic mass is 9.88. The Labute approximate surface area is 309 Å². The van der Waals surface area contributed by atoms with Crippen LogP contribution in [0.25, 0.3) is 21.9 Å². The quantitative estimate of drug-likeness (QED) is 0.165. The lowest BCUT2D eigenvalue weighted by Gasteiger charge is -2.33. The van der Waals surface area contributed by atoms with Crippen LogP contribution in [-0.4, -0.2) is 56.4 Å². The molecule has 0 bridgehead atoms. The van der Waals surface area contributed by atoms with Crippen molar-refractivity contribution >= 4 is 33.5 Å². The molecule has 5 heterocycles. The Kier molecular flexibility index (Phi) is 8.32. The van der Waals surface area contributed by atoms with Gasteiger partial charge >= 0.3 is 0 Å². The molecule has 0 saturated carbocycles. The minimum absolute atomic E-state index is 0.108. The number of para-hydroxylation sites is 1. The lowest BCUT2D eigenvalue weighted by Crippen LogP contribution is -2.35. The number of anilines is 1. The molecule has 3 aliphatic heterocycles. The molecule has 3 aliphatic rings. The number of H-pyrrole nitrogens is 1. The van der Waals surface area contributed by atoms with E-state index in [-0.39, 0.29) is 34.6 Å². The van der Waals surface area contributed by atoms with E-state index in [1.165, 1.54) is 12.1 Å². The third-order valence-electron chi connectivity index (χ3n) is 10.9. The van der Waals surface area contributed by atoms with Gasteiger partial charge in [-0.2, -0.15) is 10.4 Å².